The monoisotopic (exact) mass is 398 g/mol. The maximum atomic E-state index is 5.18. The van der Waals surface area contributed by atoms with Gasteiger partial charge in [-0.1, -0.05) is 36.4 Å². The molecule has 2 nitrogen and oxygen atoms in total. The van der Waals surface area contributed by atoms with Gasteiger partial charge in [-0.3, -0.25) is 9.97 Å². The SMILES string of the molecule is Cc1cccc(Cc2cccc(-c3ccccc3C(=S)[S-])n2)n1.[Cu+]. The third-order valence-corrected chi connectivity index (χ3v) is 3.98. The molecular weight excluding hydrogens is 384 g/mol. The maximum absolute atomic E-state index is 5.18. The summed E-state index contributed by atoms with van der Waals surface area (Å²) in [6.45, 7) is 1.99. The number of rotatable bonds is 4. The summed E-state index contributed by atoms with van der Waals surface area (Å²) in [5, 5.41) is 0. The van der Waals surface area contributed by atoms with E-state index < -0.39 is 0 Å². The van der Waals surface area contributed by atoms with Crippen molar-refractivity contribution >= 4 is 29.0 Å². The summed E-state index contributed by atoms with van der Waals surface area (Å²) in [6.07, 6.45) is 0.704. The molecule has 3 aromatic rings. The zero-order chi connectivity index (χ0) is 16.2. The van der Waals surface area contributed by atoms with E-state index in [2.05, 4.69) is 4.98 Å². The number of benzene rings is 1. The average Bonchev–Trinajstić information content (AvgIpc) is 2.55. The van der Waals surface area contributed by atoms with E-state index in [1.165, 1.54) is 0 Å². The Morgan fingerprint density at radius 3 is 2.29 bits per heavy atom. The average molecular weight is 399 g/mol. The molecule has 0 atom stereocenters. The molecule has 0 saturated heterocycles. The van der Waals surface area contributed by atoms with Crippen molar-refractivity contribution in [1.29, 1.82) is 0 Å². The van der Waals surface area contributed by atoms with Gasteiger partial charge in [-0.05, 0) is 36.8 Å². The van der Waals surface area contributed by atoms with E-state index in [0.717, 1.165) is 33.9 Å². The molecule has 0 aliphatic carbocycles. The third kappa shape index (κ3) is 4.46. The van der Waals surface area contributed by atoms with Crippen molar-refractivity contribution in [3.8, 4) is 11.3 Å². The first-order chi connectivity index (χ1) is 11.1. The Morgan fingerprint density at radius 2 is 1.58 bits per heavy atom. The molecule has 0 radical (unpaired) electrons. The molecule has 124 valence electrons. The van der Waals surface area contributed by atoms with Crippen LogP contribution in [0.1, 0.15) is 22.6 Å². The van der Waals surface area contributed by atoms with Crippen LogP contribution in [0.5, 0.6) is 0 Å². The second-order valence-electron chi connectivity index (χ2n) is 5.29. The van der Waals surface area contributed by atoms with E-state index in [0.29, 0.717) is 10.6 Å². The van der Waals surface area contributed by atoms with Crippen molar-refractivity contribution in [2.24, 2.45) is 0 Å². The molecule has 5 heteroatoms. The van der Waals surface area contributed by atoms with Crippen LogP contribution >= 0.6 is 12.2 Å². The summed E-state index contributed by atoms with van der Waals surface area (Å²) in [4.78, 5) is 9.30. The van der Waals surface area contributed by atoms with Gasteiger partial charge in [0.25, 0.3) is 0 Å². The Kier molecular flexibility index (Phi) is 6.58. The largest absolute Gasteiger partial charge is 1.00 e. The predicted octanol–water partition coefficient (Wildman–Crippen LogP) is 4.26. The molecule has 2 aromatic heterocycles. The zero-order valence-electron chi connectivity index (χ0n) is 13.0. The van der Waals surface area contributed by atoms with Crippen molar-refractivity contribution in [3.05, 3.63) is 83.3 Å². The molecule has 3 rings (SSSR count). The number of pyridine rings is 2. The number of aromatic nitrogens is 2. The number of aryl methyl sites for hydroxylation is 1. The summed E-state index contributed by atoms with van der Waals surface area (Å²) in [6, 6.07) is 19.9. The van der Waals surface area contributed by atoms with E-state index in [-0.39, 0.29) is 17.1 Å². The van der Waals surface area contributed by atoms with Crippen LogP contribution in [0.2, 0.25) is 0 Å². The molecule has 0 aliphatic heterocycles. The standard InChI is InChI=1S/C19H16N2S2.Cu/c1-13-6-4-7-14(20-13)12-15-8-5-11-18(21-15)16-9-2-3-10-17(16)19(22)23;/h2-11H,12H2,1H3,(H,22,23);/q;+1/p-1. The van der Waals surface area contributed by atoms with Crippen LogP contribution in [0.25, 0.3) is 11.3 Å². The molecule has 0 saturated carbocycles. The number of hydrogen-bond donors (Lipinski definition) is 0. The zero-order valence-corrected chi connectivity index (χ0v) is 15.6. The fourth-order valence-corrected chi connectivity index (χ4v) is 2.85. The Hall–Kier alpha value is -1.65. The van der Waals surface area contributed by atoms with Crippen molar-refractivity contribution in [1.82, 2.24) is 9.97 Å². The molecule has 1 aromatic carbocycles. The fourth-order valence-electron chi connectivity index (χ4n) is 2.50. The minimum atomic E-state index is 0. The summed E-state index contributed by atoms with van der Waals surface area (Å²) in [5.74, 6) is 0. The van der Waals surface area contributed by atoms with E-state index in [1.54, 1.807) is 0 Å². The van der Waals surface area contributed by atoms with Gasteiger partial charge in [-0.2, -0.15) is 0 Å². The quantitative estimate of drug-likeness (QED) is 0.372. The number of hydrogen-bond acceptors (Lipinski definition) is 4. The topological polar surface area (TPSA) is 25.8 Å². The minimum absolute atomic E-state index is 0. The number of thiocarbonyl (C=S) groups is 1. The summed E-state index contributed by atoms with van der Waals surface area (Å²) >= 11 is 10.4. The molecule has 0 fully saturated rings. The normalized spacial score (nSPS) is 10.0. The van der Waals surface area contributed by atoms with Crippen molar-refractivity contribution in [3.63, 3.8) is 0 Å². The molecule has 0 amide bonds. The Bertz CT molecular complexity index is 865. The van der Waals surface area contributed by atoms with Gasteiger partial charge in [0.05, 0.1) is 5.69 Å². The molecule has 0 spiro atoms. The van der Waals surface area contributed by atoms with Crippen LogP contribution in [-0.4, -0.2) is 14.2 Å². The van der Waals surface area contributed by atoms with Crippen LogP contribution in [-0.2, 0) is 36.1 Å². The predicted molar refractivity (Wildman–Crippen MR) is 101 cm³/mol. The van der Waals surface area contributed by atoms with E-state index in [4.69, 9.17) is 29.8 Å². The fraction of sp³-hybridized carbons (Fsp3) is 0.105. The maximum Gasteiger partial charge on any atom is 1.00 e. The Labute approximate surface area is 163 Å². The van der Waals surface area contributed by atoms with Gasteiger partial charge < -0.3 is 24.8 Å². The second kappa shape index (κ2) is 8.45. The van der Waals surface area contributed by atoms with Crippen LogP contribution in [0.15, 0.2) is 60.7 Å². The first kappa shape index (κ1) is 18.7. The summed E-state index contributed by atoms with van der Waals surface area (Å²) in [7, 11) is 0. The molecular formula is C19H15CuN2S2. The molecule has 24 heavy (non-hydrogen) atoms. The number of nitrogens with zero attached hydrogens (tertiary/aromatic N) is 2. The Morgan fingerprint density at radius 1 is 0.917 bits per heavy atom. The van der Waals surface area contributed by atoms with Gasteiger partial charge in [0, 0.05) is 29.1 Å². The summed E-state index contributed by atoms with van der Waals surface area (Å²) in [5.41, 5.74) is 5.76. The van der Waals surface area contributed by atoms with Gasteiger partial charge in [0.1, 0.15) is 0 Å². The van der Waals surface area contributed by atoms with Crippen molar-refractivity contribution in [2.75, 3.05) is 0 Å². The van der Waals surface area contributed by atoms with Gasteiger partial charge in [0.2, 0.25) is 0 Å². The van der Waals surface area contributed by atoms with Crippen LogP contribution in [0.3, 0.4) is 0 Å². The van der Waals surface area contributed by atoms with Gasteiger partial charge >= 0.3 is 17.1 Å². The van der Waals surface area contributed by atoms with Gasteiger partial charge in [-0.25, -0.2) is 0 Å². The molecule has 2 heterocycles. The molecule has 0 N–H and O–H groups in total. The smallest absolute Gasteiger partial charge is 0.428 e. The second-order valence-corrected chi connectivity index (χ2v) is 6.37. The van der Waals surface area contributed by atoms with E-state index in [1.807, 2.05) is 67.6 Å². The van der Waals surface area contributed by atoms with E-state index in [9.17, 15) is 0 Å². The van der Waals surface area contributed by atoms with Crippen molar-refractivity contribution in [2.45, 2.75) is 13.3 Å². The van der Waals surface area contributed by atoms with Crippen LogP contribution in [0.4, 0.5) is 0 Å². The van der Waals surface area contributed by atoms with Crippen LogP contribution in [0, 0.1) is 6.92 Å². The first-order valence-corrected chi connectivity index (χ1v) is 8.14. The molecule has 0 aliphatic rings. The molecule has 0 unspecified atom stereocenters. The van der Waals surface area contributed by atoms with E-state index >= 15 is 0 Å². The Balaban J connectivity index is 0.00000208. The first-order valence-electron chi connectivity index (χ1n) is 7.33. The van der Waals surface area contributed by atoms with Crippen LogP contribution < -0.4 is 0 Å². The molecule has 0 bridgehead atoms. The van der Waals surface area contributed by atoms with Gasteiger partial charge in [-0.15, -0.1) is 4.20 Å². The summed E-state index contributed by atoms with van der Waals surface area (Å²) < 4.78 is 0.466. The minimum Gasteiger partial charge on any atom is -0.428 e. The van der Waals surface area contributed by atoms with Crippen molar-refractivity contribution < 1.29 is 17.1 Å². The third-order valence-electron chi connectivity index (χ3n) is 3.54. The van der Waals surface area contributed by atoms with Gasteiger partial charge in [0.15, 0.2) is 0 Å².